The Labute approximate surface area is 342 Å². The lowest BCUT2D eigenvalue weighted by Gasteiger charge is -2.54. The molecule has 0 aromatic carbocycles. The molecule has 0 aromatic rings. The van der Waals surface area contributed by atoms with Gasteiger partial charge in [0.25, 0.3) is 0 Å². The predicted molar refractivity (Wildman–Crippen MR) is 217 cm³/mol. The molecule has 0 saturated carbocycles. The Bertz CT molecular complexity index is 1360. The molecule has 6 aliphatic heterocycles. The van der Waals surface area contributed by atoms with E-state index in [1.54, 1.807) is 11.8 Å². The van der Waals surface area contributed by atoms with Crippen molar-refractivity contribution >= 4 is 17.7 Å². The lowest BCUT2D eigenvalue weighted by Crippen LogP contribution is -2.62. The van der Waals surface area contributed by atoms with Crippen LogP contribution in [0.1, 0.15) is 127 Å². The second-order valence-electron chi connectivity index (χ2n) is 20.0. The summed E-state index contributed by atoms with van der Waals surface area (Å²) in [6, 6.07) is 0. The number of carbonyl (C=O) groups excluding carboxylic acids is 1. The van der Waals surface area contributed by atoms with Gasteiger partial charge in [-0.15, -0.1) is 0 Å². The minimum atomic E-state index is -1.55. The Morgan fingerprint density at radius 1 is 0.893 bits per heavy atom. The van der Waals surface area contributed by atoms with E-state index >= 15 is 0 Å². The highest BCUT2D eigenvalue weighted by Crippen LogP contribution is 2.59. The average Bonchev–Trinajstić information content (AvgIpc) is 3.83. The van der Waals surface area contributed by atoms with E-state index in [4.69, 9.17) is 33.2 Å². The summed E-state index contributed by atoms with van der Waals surface area (Å²) < 4.78 is 48.0. The number of aliphatic hydroxyl groups excluding tert-OH is 1. The molecule has 6 fully saturated rings. The molecule has 2 unspecified atom stereocenters. The predicted octanol–water partition coefficient (Wildman–Crippen LogP) is 6.49. The van der Waals surface area contributed by atoms with E-state index < -0.39 is 35.0 Å². The zero-order valence-electron chi connectivity index (χ0n) is 36.6. The van der Waals surface area contributed by atoms with Crippen LogP contribution in [0.2, 0.25) is 0 Å². The summed E-state index contributed by atoms with van der Waals surface area (Å²) in [4.78, 5) is 13.1. The maximum Gasteiger partial charge on any atom is 0.225 e. The van der Waals surface area contributed by atoms with E-state index in [-0.39, 0.29) is 84.1 Å². The second kappa shape index (κ2) is 17.1. The summed E-state index contributed by atoms with van der Waals surface area (Å²) in [5, 5.41) is 24.2. The minimum Gasteiger partial charge on any atom is -0.391 e. The van der Waals surface area contributed by atoms with Gasteiger partial charge in [-0.25, -0.2) is 0 Å². The third-order valence-electron chi connectivity index (χ3n) is 15.7. The Morgan fingerprint density at radius 3 is 2.30 bits per heavy atom. The molecular formula is C44H77NO10S. The highest BCUT2D eigenvalue weighted by molar-refractivity contribution is 7.98. The van der Waals surface area contributed by atoms with Gasteiger partial charge in [0.2, 0.25) is 5.91 Å². The minimum absolute atomic E-state index is 0.0174. The van der Waals surface area contributed by atoms with Crippen LogP contribution < -0.4 is 5.32 Å². The number of amides is 1. The van der Waals surface area contributed by atoms with Crippen LogP contribution in [-0.4, -0.2) is 119 Å². The molecule has 6 aliphatic rings. The van der Waals surface area contributed by atoms with Crippen molar-refractivity contribution in [3.05, 3.63) is 0 Å². The van der Waals surface area contributed by atoms with Crippen molar-refractivity contribution in [2.45, 2.75) is 198 Å². The van der Waals surface area contributed by atoms with Crippen LogP contribution in [0.25, 0.3) is 0 Å². The third-order valence-corrected chi connectivity index (χ3v) is 16.3. The number of aliphatic hydroxyl groups is 2. The van der Waals surface area contributed by atoms with Crippen molar-refractivity contribution in [1.29, 1.82) is 0 Å². The molecule has 0 aliphatic carbocycles. The molecule has 6 saturated heterocycles. The van der Waals surface area contributed by atoms with Crippen molar-refractivity contribution in [3.63, 3.8) is 0 Å². The van der Waals surface area contributed by atoms with E-state index in [0.29, 0.717) is 12.5 Å². The molecule has 19 atom stereocenters. The van der Waals surface area contributed by atoms with E-state index in [1.807, 2.05) is 21.0 Å². The number of hydrogen-bond donors (Lipinski definition) is 3. The van der Waals surface area contributed by atoms with Crippen LogP contribution in [0.3, 0.4) is 0 Å². The first-order valence-electron chi connectivity index (χ1n) is 22.0. The van der Waals surface area contributed by atoms with Crippen LogP contribution in [0.4, 0.5) is 0 Å². The van der Waals surface area contributed by atoms with Gasteiger partial charge in [-0.1, -0.05) is 48.5 Å². The van der Waals surface area contributed by atoms with E-state index in [0.717, 1.165) is 63.5 Å². The molecule has 6 rings (SSSR count). The van der Waals surface area contributed by atoms with Gasteiger partial charge in [-0.2, -0.15) is 11.8 Å². The lowest BCUT2D eigenvalue weighted by molar-refractivity contribution is -0.367. The van der Waals surface area contributed by atoms with Gasteiger partial charge < -0.3 is 48.7 Å². The molecule has 3 N–H and O–H groups in total. The van der Waals surface area contributed by atoms with E-state index in [1.165, 1.54) is 0 Å². The number of carbonyl (C=O) groups is 1. The molecule has 0 aromatic heterocycles. The Kier molecular flexibility index (Phi) is 13.7. The number of nitrogens with one attached hydrogen (secondary N) is 1. The van der Waals surface area contributed by atoms with Gasteiger partial charge in [0.1, 0.15) is 0 Å². The van der Waals surface area contributed by atoms with Crippen molar-refractivity contribution < 1.29 is 48.2 Å². The monoisotopic (exact) mass is 812 g/mol. The zero-order valence-corrected chi connectivity index (χ0v) is 37.5. The SMILES string of the molecule is CO[C@]1(C)C[C@@H](C[C@H]2CC[C@H](C)C([C@@H](C)C(=O)NCCSC)O2)O[C@]2(O[C@@](C)(C3CC[C@@](C)([C@@H]4O[C@@H]([C@@H]5O[C@@](O)(CO)[C@H](C)C[C@@H]5C)C[C@@H]4C)O3)C[C@H]2C)[C@@H]1C. The molecule has 1 spiro atoms. The van der Waals surface area contributed by atoms with E-state index in [2.05, 4.69) is 67.0 Å². The van der Waals surface area contributed by atoms with Crippen molar-refractivity contribution in [2.75, 3.05) is 32.3 Å². The molecule has 11 nitrogen and oxygen atoms in total. The summed E-state index contributed by atoms with van der Waals surface area (Å²) in [6.07, 6.45) is 8.45. The number of thioether (sulfide) groups is 1. The number of methoxy groups -OCH3 is 1. The van der Waals surface area contributed by atoms with Crippen LogP contribution in [-0.2, 0) is 38.0 Å². The fraction of sp³-hybridized carbons (Fsp3) is 0.977. The first-order valence-corrected chi connectivity index (χ1v) is 23.4. The van der Waals surface area contributed by atoms with E-state index in [9.17, 15) is 15.0 Å². The smallest absolute Gasteiger partial charge is 0.225 e. The van der Waals surface area contributed by atoms with Gasteiger partial charge in [-0.3, -0.25) is 4.79 Å². The maximum absolute atomic E-state index is 13.1. The fourth-order valence-corrected chi connectivity index (χ4v) is 12.3. The molecule has 0 bridgehead atoms. The van der Waals surface area contributed by atoms with Gasteiger partial charge in [-0.05, 0) is 89.7 Å². The first kappa shape index (κ1) is 45.0. The summed E-state index contributed by atoms with van der Waals surface area (Å²) in [5.41, 5.74) is -1.57. The molecule has 6 heterocycles. The zero-order chi connectivity index (χ0) is 41.0. The van der Waals surface area contributed by atoms with Crippen LogP contribution >= 0.6 is 11.8 Å². The fourth-order valence-electron chi connectivity index (χ4n) is 12.0. The highest BCUT2D eigenvalue weighted by atomic mass is 32.2. The van der Waals surface area contributed by atoms with Crippen LogP contribution in [0.5, 0.6) is 0 Å². The molecule has 12 heteroatoms. The Morgan fingerprint density at radius 2 is 1.62 bits per heavy atom. The lowest BCUT2D eigenvalue weighted by atomic mass is 9.72. The molecule has 0 radical (unpaired) electrons. The summed E-state index contributed by atoms with van der Waals surface area (Å²) in [7, 11) is 1.81. The van der Waals surface area contributed by atoms with Crippen LogP contribution in [0, 0.1) is 41.4 Å². The standard InChI is InChI=1S/C44H77NO10S/c1-25-13-14-32(50-36(25)30(6)39(47)45-17-18-56-12)21-33-23-41(9,49-11)31(7)44(52-33)29(5)22-42(10,55-44)35-15-16-40(8,53-35)38-27(3)20-34(51-38)37-26(2)19-28(4)43(48,24-46)54-37/h25-38,46,48H,13-24H2,1-12H3,(H,45,47)/t25-,26-,27-,28+,29+,30+,31+,32+,33+,34+,35?,36?,37+,38+,40-,41+,42+,43-,44+/m0/s1. The maximum atomic E-state index is 13.1. The third kappa shape index (κ3) is 8.39. The Balaban J connectivity index is 1.13. The van der Waals surface area contributed by atoms with Crippen molar-refractivity contribution in [3.8, 4) is 0 Å². The summed E-state index contributed by atoms with van der Waals surface area (Å²) in [5.74, 6) is -1.06. The molecule has 56 heavy (non-hydrogen) atoms. The van der Waals surface area contributed by atoms with Gasteiger partial charge >= 0.3 is 0 Å². The highest BCUT2D eigenvalue weighted by Gasteiger charge is 2.67. The number of ether oxygens (including phenoxy) is 7. The normalized spacial score (nSPS) is 51.7. The second-order valence-corrected chi connectivity index (χ2v) is 21.0. The molecule has 324 valence electrons. The topological polar surface area (TPSA) is 134 Å². The van der Waals surface area contributed by atoms with Crippen molar-refractivity contribution in [1.82, 2.24) is 5.32 Å². The van der Waals surface area contributed by atoms with Gasteiger partial charge in [0, 0.05) is 50.0 Å². The Hall–Kier alpha value is -0.540. The number of hydrogen-bond acceptors (Lipinski definition) is 11. The molecular weight excluding hydrogens is 735 g/mol. The van der Waals surface area contributed by atoms with Crippen molar-refractivity contribution in [2.24, 2.45) is 41.4 Å². The van der Waals surface area contributed by atoms with Crippen LogP contribution in [0.15, 0.2) is 0 Å². The largest absolute Gasteiger partial charge is 0.391 e. The number of rotatable bonds is 12. The average molecular weight is 812 g/mol. The molecule has 1 amide bonds. The summed E-state index contributed by atoms with van der Waals surface area (Å²) >= 11 is 1.73. The summed E-state index contributed by atoms with van der Waals surface area (Å²) in [6.45, 7) is 21.8. The van der Waals surface area contributed by atoms with Gasteiger partial charge in [0.05, 0.1) is 72.1 Å². The quantitative estimate of drug-likeness (QED) is 0.187. The first-order chi connectivity index (χ1) is 26.3. The van der Waals surface area contributed by atoms with Gasteiger partial charge in [0.15, 0.2) is 11.6 Å².